The number of hydrogen-bond acceptors (Lipinski definition) is 4. The van der Waals surface area contributed by atoms with E-state index in [2.05, 4.69) is 10.3 Å². The van der Waals surface area contributed by atoms with Crippen LogP contribution in [0.3, 0.4) is 0 Å². The molecule has 1 aromatic heterocycles. The summed E-state index contributed by atoms with van der Waals surface area (Å²) >= 11 is 0. The van der Waals surface area contributed by atoms with Crippen LogP contribution in [0, 0.1) is 0 Å². The lowest BCUT2D eigenvalue weighted by Crippen LogP contribution is -2.68. The fourth-order valence-corrected chi connectivity index (χ4v) is 3.98. The van der Waals surface area contributed by atoms with Crippen molar-refractivity contribution in [3.05, 3.63) is 71.6 Å². The number of aliphatic hydroxyl groups is 1. The van der Waals surface area contributed by atoms with Crippen molar-refractivity contribution < 1.29 is 14.7 Å². The van der Waals surface area contributed by atoms with Crippen LogP contribution >= 0.6 is 0 Å². The Morgan fingerprint density at radius 2 is 1.93 bits per heavy atom. The van der Waals surface area contributed by atoms with Crippen molar-refractivity contribution in [1.29, 1.82) is 0 Å². The molecule has 2 N–H and O–H groups in total. The molecule has 0 spiro atoms. The van der Waals surface area contributed by atoms with Crippen LogP contribution < -0.4 is 5.32 Å². The maximum absolute atomic E-state index is 12.5. The van der Waals surface area contributed by atoms with Gasteiger partial charge in [-0.1, -0.05) is 49.4 Å². The lowest BCUT2D eigenvalue weighted by atomic mass is 9.74. The highest BCUT2D eigenvalue weighted by Gasteiger charge is 2.50. The lowest BCUT2D eigenvalue weighted by Gasteiger charge is -2.55. The molecule has 0 bridgehead atoms. The first-order valence-corrected chi connectivity index (χ1v) is 9.94. The van der Waals surface area contributed by atoms with Crippen molar-refractivity contribution in [3.8, 4) is 0 Å². The molecule has 0 radical (unpaired) electrons. The van der Waals surface area contributed by atoms with E-state index in [0.29, 0.717) is 18.7 Å². The van der Waals surface area contributed by atoms with Crippen LogP contribution in [0.2, 0.25) is 0 Å². The van der Waals surface area contributed by atoms with Gasteiger partial charge in [0.2, 0.25) is 5.91 Å². The Kier molecular flexibility index (Phi) is 6.77. The summed E-state index contributed by atoms with van der Waals surface area (Å²) in [5.74, 6) is -0.341. The van der Waals surface area contributed by atoms with E-state index >= 15 is 0 Å². The number of allylic oxidation sites excluding steroid dienone is 1. The minimum Gasteiger partial charge on any atom is -0.394 e. The number of rotatable bonds is 7. The second kappa shape index (κ2) is 9.47. The zero-order chi connectivity index (χ0) is 20.8. The molecule has 6 heteroatoms. The van der Waals surface area contributed by atoms with Crippen molar-refractivity contribution in [2.75, 3.05) is 13.2 Å². The summed E-state index contributed by atoms with van der Waals surface area (Å²) < 4.78 is 0. The number of aromatic nitrogens is 1. The molecule has 6 nitrogen and oxygen atoms in total. The molecule has 2 aromatic rings. The highest BCUT2D eigenvalue weighted by Crippen LogP contribution is 2.41. The van der Waals surface area contributed by atoms with Crippen LogP contribution in [0.25, 0.3) is 6.08 Å². The molecule has 29 heavy (non-hydrogen) atoms. The first-order chi connectivity index (χ1) is 14.1. The summed E-state index contributed by atoms with van der Waals surface area (Å²) in [4.78, 5) is 30.7. The minimum atomic E-state index is -0.285. The van der Waals surface area contributed by atoms with Gasteiger partial charge in [-0.25, -0.2) is 0 Å². The third kappa shape index (κ3) is 4.38. The van der Waals surface area contributed by atoms with E-state index in [9.17, 15) is 14.7 Å². The van der Waals surface area contributed by atoms with Crippen molar-refractivity contribution in [2.24, 2.45) is 0 Å². The van der Waals surface area contributed by atoms with E-state index in [1.807, 2.05) is 43.3 Å². The molecule has 0 saturated carbocycles. The molecular weight excluding hydrogens is 366 g/mol. The van der Waals surface area contributed by atoms with Gasteiger partial charge in [0.25, 0.3) is 5.91 Å². The standard InChI is InChI=1S/C23H27N3O3/c1-3-7-16-9-11-17(12-10-16)22-19(26(20(22)15-27)21(28)4-2)14-25-23(29)18-8-5-6-13-24-18/h3,5-13,19-20,22,27H,4,14-15H2,1-2H3,(H,25,29)/b7-3+/t19-,20+,22+/m1/s1. The van der Waals surface area contributed by atoms with E-state index in [1.54, 1.807) is 36.2 Å². The van der Waals surface area contributed by atoms with E-state index in [1.165, 1.54) is 0 Å². The number of likely N-dealkylation sites (tertiary alicyclic amines) is 1. The van der Waals surface area contributed by atoms with Gasteiger partial charge in [0.15, 0.2) is 0 Å². The molecule has 1 aliphatic rings. The van der Waals surface area contributed by atoms with Crippen molar-refractivity contribution in [3.63, 3.8) is 0 Å². The number of nitrogens with zero attached hydrogens (tertiary/aromatic N) is 2. The van der Waals surface area contributed by atoms with E-state index in [4.69, 9.17) is 0 Å². The lowest BCUT2D eigenvalue weighted by molar-refractivity contribution is -0.149. The topological polar surface area (TPSA) is 82.5 Å². The van der Waals surface area contributed by atoms with Crippen molar-refractivity contribution in [2.45, 2.75) is 38.3 Å². The molecule has 1 fully saturated rings. The fourth-order valence-electron chi connectivity index (χ4n) is 3.98. The molecule has 152 valence electrons. The molecule has 3 rings (SSSR count). The summed E-state index contributed by atoms with van der Waals surface area (Å²) in [6.07, 6.45) is 5.92. The van der Waals surface area contributed by atoms with Crippen LogP contribution in [-0.4, -0.2) is 52.0 Å². The van der Waals surface area contributed by atoms with Crippen molar-refractivity contribution >= 4 is 17.9 Å². The van der Waals surface area contributed by atoms with Gasteiger partial charge in [0.05, 0.1) is 18.7 Å². The van der Waals surface area contributed by atoms with Gasteiger partial charge in [0, 0.05) is 25.1 Å². The first kappa shape index (κ1) is 20.7. The van der Waals surface area contributed by atoms with E-state index < -0.39 is 0 Å². The molecule has 3 atom stereocenters. The summed E-state index contributed by atoms with van der Waals surface area (Å²) in [6, 6.07) is 12.8. The summed E-state index contributed by atoms with van der Waals surface area (Å²) in [6.45, 7) is 3.96. The SMILES string of the molecule is C/C=C/c1ccc([C@H]2[C@@H](CNC(=O)c3ccccn3)N(C(=O)CC)[C@H]2CO)cc1. The smallest absolute Gasteiger partial charge is 0.269 e. The van der Waals surface area contributed by atoms with Gasteiger partial charge in [-0.3, -0.25) is 14.6 Å². The molecule has 2 amide bonds. The predicted molar refractivity (Wildman–Crippen MR) is 112 cm³/mol. The monoisotopic (exact) mass is 393 g/mol. The van der Waals surface area contributed by atoms with Gasteiger partial charge < -0.3 is 15.3 Å². The number of benzene rings is 1. The normalized spacial score (nSPS) is 21.1. The maximum atomic E-state index is 12.5. The number of carbonyl (C=O) groups is 2. The van der Waals surface area contributed by atoms with Crippen LogP contribution in [0.5, 0.6) is 0 Å². The number of aliphatic hydroxyl groups excluding tert-OH is 1. The van der Waals surface area contributed by atoms with E-state index in [0.717, 1.165) is 11.1 Å². The summed E-state index contributed by atoms with van der Waals surface area (Å²) in [5.41, 5.74) is 2.48. The Hall–Kier alpha value is -2.99. The Balaban J connectivity index is 1.80. The second-order valence-electron chi connectivity index (χ2n) is 7.09. The number of carbonyl (C=O) groups excluding carboxylic acids is 2. The second-order valence-corrected chi connectivity index (χ2v) is 7.09. The average Bonchev–Trinajstić information content (AvgIpc) is 2.75. The third-order valence-electron chi connectivity index (χ3n) is 5.37. The molecular formula is C23H27N3O3. The molecule has 0 unspecified atom stereocenters. The Labute approximate surface area is 171 Å². The molecule has 1 saturated heterocycles. The Bertz CT molecular complexity index is 865. The summed E-state index contributed by atoms with van der Waals surface area (Å²) in [7, 11) is 0. The number of hydrogen-bond donors (Lipinski definition) is 2. The molecule has 0 aliphatic carbocycles. The zero-order valence-corrected chi connectivity index (χ0v) is 16.8. The summed E-state index contributed by atoms with van der Waals surface area (Å²) in [5, 5.41) is 12.8. The number of nitrogens with one attached hydrogen (secondary N) is 1. The van der Waals surface area contributed by atoms with Gasteiger partial charge in [-0.15, -0.1) is 0 Å². The van der Waals surface area contributed by atoms with Gasteiger partial charge in [-0.05, 0) is 30.2 Å². The van der Waals surface area contributed by atoms with Gasteiger partial charge in [0.1, 0.15) is 5.69 Å². The van der Waals surface area contributed by atoms with Crippen LogP contribution in [0.4, 0.5) is 0 Å². The highest BCUT2D eigenvalue weighted by molar-refractivity contribution is 5.92. The van der Waals surface area contributed by atoms with Crippen LogP contribution in [0.15, 0.2) is 54.7 Å². The van der Waals surface area contributed by atoms with Crippen LogP contribution in [0.1, 0.15) is 47.8 Å². The van der Waals surface area contributed by atoms with E-state index in [-0.39, 0.29) is 36.4 Å². The quantitative estimate of drug-likeness (QED) is 0.758. The van der Waals surface area contributed by atoms with Crippen LogP contribution in [-0.2, 0) is 4.79 Å². The number of pyridine rings is 1. The van der Waals surface area contributed by atoms with Crippen molar-refractivity contribution in [1.82, 2.24) is 15.2 Å². The predicted octanol–water partition coefficient (Wildman–Crippen LogP) is 2.61. The zero-order valence-electron chi connectivity index (χ0n) is 16.8. The molecule has 1 aliphatic heterocycles. The van der Waals surface area contributed by atoms with Gasteiger partial charge >= 0.3 is 0 Å². The van der Waals surface area contributed by atoms with Gasteiger partial charge in [-0.2, -0.15) is 0 Å². The molecule has 1 aromatic carbocycles. The fraction of sp³-hybridized carbons (Fsp3) is 0.348. The first-order valence-electron chi connectivity index (χ1n) is 9.94. The Morgan fingerprint density at radius 1 is 1.17 bits per heavy atom. The highest BCUT2D eigenvalue weighted by atomic mass is 16.3. The largest absolute Gasteiger partial charge is 0.394 e. The molecule has 2 heterocycles. The maximum Gasteiger partial charge on any atom is 0.269 e. The minimum absolute atomic E-state index is 0.0251. The Morgan fingerprint density at radius 3 is 2.52 bits per heavy atom. The third-order valence-corrected chi connectivity index (χ3v) is 5.37. The average molecular weight is 393 g/mol. The number of amides is 2.